The summed E-state index contributed by atoms with van der Waals surface area (Å²) >= 11 is 6.30. The molecule has 0 fully saturated rings. The van der Waals surface area contributed by atoms with Gasteiger partial charge in [0, 0.05) is 29.5 Å². The van der Waals surface area contributed by atoms with E-state index in [4.69, 9.17) is 16.3 Å². The van der Waals surface area contributed by atoms with Gasteiger partial charge in [-0.05, 0) is 24.1 Å². The minimum atomic E-state index is -0.414. The summed E-state index contributed by atoms with van der Waals surface area (Å²) in [6, 6.07) is 17.1. The van der Waals surface area contributed by atoms with Gasteiger partial charge >= 0.3 is 5.97 Å². The molecule has 4 nitrogen and oxygen atoms in total. The highest BCUT2D eigenvalue weighted by Crippen LogP contribution is 2.36. The van der Waals surface area contributed by atoms with Crippen molar-refractivity contribution in [2.45, 2.75) is 25.7 Å². The first kappa shape index (κ1) is 18.2. The van der Waals surface area contributed by atoms with E-state index in [0.29, 0.717) is 22.7 Å². The van der Waals surface area contributed by atoms with Gasteiger partial charge in [0.05, 0.1) is 12.2 Å². The number of ether oxygens (including phenoxy) is 1. The number of allylic oxidation sites excluding steroid dienone is 1. The van der Waals surface area contributed by atoms with Crippen LogP contribution in [0, 0.1) is 0 Å². The minimum Gasteiger partial charge on any atom is -0.462 e. The van der Waals surface area contributed by atoms with Gasteiger partial charge < -0.3 is 10.1 Å². The van der Waals surface area contributed by atoms with Gasteiger partial charge in [-0.1, -0.05) is 60.1 Å². The van der Waals surface area contributed by atoms with E-state index in [-0.39, 0.29) is 18.9 Å². The predicted octanol–water partition coefficient (Wildman–Crippen LogP) is 4.00. The standard InChI is InChI=1S/C21H20ClNO3/c1-14-20(21(25)26-12-11-15-7-3-2-4-8-15)17(13-19(24)23-14)16-9-5-6-10-18(16)22/h2-10,17H,11-13H2,1H3,(H,23,24). The Morgan fingerprint density at radius 2 is 1.85 bits per heavy atom. The highest BCUT2D eigenvalue weighted by molar-refractivity contribution is 6.31. The number of nitrogens with one attached hydrogen (secondary N) is 1. The first-order valence-electron chi connectivity index (χ1n) is 8.52. The molecule has 134 valence electrons. The molecule has 1 unspecified atom stereocenters. The van der Waals surface area contributed by atoms with Crippen LogP contribution < -0.4 is 5.32 Å². The van der Waals surface area contributed by atoms with Gasteiger partial charge in [0.1, 0.15) is 0 Å². The van der Waals surface area contributed by atoms with E-state index < -0.39 is 11.9 Å². The van der Waals surface area contributed by atoms with Crippen LogP contribution >= 0.6 is 11.6 Å². The summed E-state index contributed by atoms with van der Waals surface area (Å²) < 4.78 is 5.49. The maximum Gasteiger partial charge on any atom is 0.336 e. The summed E-state index contributed by atoms with van der Waals surface area (Å²) in [5.41, 5.74) is 2.85. The monoisotopic (exact) mass is 369 g/mol. The summed E-state index contributed by atoms with van der Waals surface area (Å²) in [6.07, 6.45) is 0.812. The maximum absolute atomic E-state index is 12.7. The molecule has 2 aromatic carbocycles. The van der Waals surface area contributed by atoms with Crippen LogP contribution in [0.1, 0.15) is 30.4 Å². The normalized spacial score (nSPS) is 17.0. The molecular weight excluding hydrogens is 350 g/mol. The van der Waals surface area contributed by atoms with E-state index >= 15 is 0 Å². The molecule has 1 N–H and O–H groups in total. The molecule has 26 heavy (non-hydrogen) atoms. The van der Waals surface area contributed by atoms with E-state index in [9.17, 15) is 9.59 Å². The van der Waals surface area contributed by atoms with Crippen LogP contribution in [0.25, 0.3) is 0 Å². The van der Waals surface area contributed by atoms with Crippen molar-refractivity contribution in [2.24, 2.45) is 0 Å². The van der Waals surface area contributed by atoms with E-state index in [1.165, 1.54) is 0 Å². The predicted molar refractivity (Wildman–Crippen MR) is 101 cm³/mol. The number of carbonyl (C=O) groups excluding carboxylic acids is 2. The van der Waals surface area contributed by atoms with Crippen molar-refractivity contribution >= 4 is 23.5 Å². The zero-order chi connectivity index (χ0) is 18.5. The molecule has 2 aromatic rings. The fourth-order valence-corrected chi connectivity index (χ4v) is 3.45. The second kappa shape index (κ2) is 8.19. The Morgan fingerprint density at radius 3 is 2.58 bits per heavy atom. The number of esters is 1. The smallest absolute Gasteiger partial charge is 0.336 e. The Hall–Kier alpha value is -2.59. The van der Waals surface area contributed by atoms with Crippen LogP contribution in [0.15, 0.2) is 65.9 Å². The highest BCUT2D eigenvalue weighted by Gasteiger charge is 2.33. The Labute approximate surface area is 157 Å². The molecule has 0 saturated carbocycles. The first-order chi connectivity index (χ1) is 12.6. The number of carbonyl (C=O) groups is 2. The van der Waals surface area contributed by atoms with Crippen molar-refractivity contribution in [3.05, 3.63) is 82.0 Å². The number of amides is 1. The molecule has 0 aliphatic carbocycles. The molecule has 0 saturated heterocycles. The van der Waals surface area contributed by atoms with Crippen LogP contribution in [-0.4, -0.2) is 18.5 Å². The molecule has 1 amide bonds. The molecule has 1 heterocycles. The molecule has 1 atom stereocenters. The van der Waals surface area contributed by atoms with Gasteiger partial charge in [-0.15, -0.1) is 0 Å². The van der Waals surface area contributed by atoms with Gasteiger partial charge in [0.15, 0.2) is 0 Å². The lowest BCUT2D eigenvalue weighted by Crippen LogP contribution is -2.34. The lowest BCUT2D eigenvalue weighted by molar-refractivity contribution is -0.139. The third kappa shape index (κ3) is 4.14. The summed E-state index contributed by atoms with van der Waals surface area (Å²) in [5, 5.41) is 3.27. The fourth-order valence-electron chi connectivity index (χ4n) is 3.18. The molecule has 0 spiro atoms. The van der Waals surface area contributed by atoms with Gasteiger partial charge in [0.2, 0.25) is 5.91 Å². The maximum atomic E-state index is 12.7. The Balaban J connectivity index is 1.78. The van der Waals surface area contributed by atoms with Crippen molar-refractivity contribution in [2.75, 3.05) is 6.61 Å². The van der Waals surface area contributed by atoms with Gasteiger partial charge in [-0.3, -0.25) is 4.79 Å². The molecule has 1 aliphatic rings. The lowest BCUT2D eigenvalue weighted by Gasteiger charge is -2.27. The quantitative estimate of drug-likeness (QED) is 0.810. The van der Waals surface area contributed by atoms with Crippen LogP contribution in [0.5, 0.6) is 0 Å². The Bertz CT molecular complexity index is 845. The van der Waals surface area contributed by atoms with Crippen molar-refractivity contribution in [1.29, 1.82) is 0 Å². The van der Waals surface area contributed by atoms with Gasteiger partial charge in [0.25, 0.3) is 0 Å². The summed E-state index contributed by atoms with van der Waals surface area (Å²) in [6.45, 7) is 2.00. The Morgan fingerprint density at radius 1 is 1.15 bits per heavy atom. The fraction of sp³-hybridized carbons (Fsp3) is 0.238. The molecule has 5 heteroatoms. The lowest BCUT2D eigenvalue weighted by atomic mass is 9.84. The number of hydrogen-bond donors (Lipinski definition) is 1. The largest absolute Gasteiger partial charge is 0.462 e. The number of hydrogen-bond acceptors (Lipinski definition) is 3. The Kier molecular flexibility index (Phi) is 5.74. The topological polar surface area (TPSA) is 55.4 Å². The van der Waals surface area contributed by atoms with E-state index in [1.54, 1.807) is 13.0 Å². The van der Waals surface area contributed by atoms with E-state index in [2.05, 4.69) is 5.32 Å². The summed E-state index contributed by atoms with van der Waals surface area (Å²) in [4.78, 5) is 24.7. The second-order valence-electron chi connectivity index (χ2n) is 6.24. The molecule has 0 bridgehead atoms. The van der Waals surface area contributed by atoms with Crippen LogP contribution in [-0.2, 0) is 20.7 Å². The van der Waals surface area contributed by atoms with Crippen molar-refractivity contribution in [3.63, 3.8) is 0 Å². The third-order valence-corrected chi connectivity index (χ3v) is 4.78. The zero-order valence-electron chi connectivity index (χ0n) is 14.5. The molecular formula is C21H20ClNO3. The van der Waals surface area contributed by atoms with Crippen LogP contribution in [0.2, 0.25) is 5.02 Å². The van der Waals surface area contributed by atoms with Crippen molar-refractivity contribution in [1.82, 2.24) is 5.32 Å². The zero-order valence-corrected chi connectivity index (χ0v) is 15.3. The first-order valence-corrected chi connectivity index (χ1v) is 8.90. The molecule has 0 aromatic heterocycles. The molecule has 0 radical (unpaired) electrons. The number of rotatable bonds is 5. The number of benzene rings is 2. The van der Waals surface area contributed by atoms with Crippen LogP contribution in [0.3, 0.4) is 0 Å². The number of halogens is 1. The minimum absolute atomic E-state index is 0.131. The van der Waals surface area contributed by atoms with E-state index in [1.807, 2.05) is 48.5 Å². The summed E-state index contributed by atoms with van der Waals surface area (Å²) in [7, 11) is 0. The SMILES string of the molecule is CC1=C(C(=O)OCCc2ccccc2)C(c2ccccc2Cl)CC(=O)N1. The average molecular weight is 370 g/mol. The second-order valence-corrected chi connectivity index (χ2v) is 6.64. The third-order valence-electron chi connectivity index (χ3n) is 4.44. The van der Waals surface area contributed by atoms with Gasteiger partial charge in [-0.25, -0.2) is 4.79 Å². The molecule has 3 rings (SSSR count). The highest BCUT2D eigenvalue weighted by atomic mass is 35.5. The van der Waals surface area contributed by atoms with Gasteiger partial charge in [-0.2, -0.15) is 0 Å². The average Bonchev–Trinajstić information content (AvgIpc) is 2.62. The van der Waals surface area contributed by atoms with Crippen molar-refractivity contribution < 1.29 is 14.3 Å². The molecule has 1 aliphatic heterocycles. The van der Waals surface area contributed by atoms with E-state index in [0.717, 1.165) is 11.1 Å². The van der Waals surface area contributed by atoms with Crippen LogP contribution in [0.4, 0.5) is 0 Å². The summed E-state index contributed by atoms with van der Waals surface area (Å²) in [5.74, 6) is -0.946. The van der Waals surface area contributed by atoms with Crippen molar-refractivity contribution in [3.8, 4) is 0 Å².